The van der Waals surface area contributed by atoms with Gasteiger partial charge in [0.05, 0.1) is 13.2 Å². The van der Waals surface area contributed by atoms with E-state index >= 15 is 0 Å². The van der Waals surface area contributed by atoms with Gasteiger partial charge < -0.3 is 10.4 Å². The average molecular weight is 290 g/mol. The fraction of sp³-hybridized carbons (Fsp3) is 0.588. The largest absolute Gasteiger partial charge is 0.395 e. The van der Waals surface area contributed by atoms with Crippen LogP contribution in [-0.4, -0.2) is 41.7 Å². The van der Waals surface area contributed by atoms with Crippen molar-refractivity contribution in [3.8, 4) is 0 Å². The van der Waals surface area contributed by atoms with Crippen molar-refractivity contribution >= 4 is 5.91 Å². The lowest BCUT2D eigenvalue weighted by Crippen LogP contribution is -2.50. The third-order valence-electron chi connectivity index (χ3n) is 4.34. The zero-order valence-corrected chi connectivity index (χ0v) is 13.0. The molecule has 1 aliphatic rings. The Hall–Kier alpha value is -1.39. The van der Waals surface area contributed by atoms with Crippen LogP contribution in [0.2, 0.25) is 0 Å². The summed E-state index contributed by atoms with van der Waals surface area (Å²) in [5, 5.41) is 12.5. The van der Waals surface area contributed by atoms with Crippen LogP contribution in [0.3, 0.4) is 0 Å². The van der Waals surface area contributed by atoms with Crippen LogP contribution in [0.1, 0.15) is 30.9 Å². The first kappa shape index (κ1) is 16.0. The lowest BCUT2D eigenvalue weighted by molar-refractivity contribution is -0.124. The van der Waals surface area contributed by atoms with E-state index in [0.717, 1.165) is 24.9 Å². The van der Waals surface area contributed by atoms with Crippen molar-refractivity contribution in [2.24, 2.45) is 5.92 Å². The second-order valence-electron chi connectivity index (χ2n) is 6.11. The van der Waals surface area contributed by atoms with Crippen molar-refractivity contribution in [3.63, 3.8) is 0 Å². The van der Waals surface area contributed by atoms with Gasteiger partial charge in [-0.15, -0.1) is 0 Å². The van der Waals surface area contributed by atoms with Gasteiger partial charge in [0, 0.05) is 12.6 Å². The highest BCUT2D eigenvalue weighted by Gasteiger charge is 2.28. The van der Waals surface area contributed by atoms with Crippen molar-refractivity contribution < 1.29 is 9.90 Å². The number of amides is 1. The Morgan fingerprint density at radius 3 is 3.00 bits per heavy atom. The van der Waals surface area contributed by atoms with E-state index in [-0.39, 0.29) is 18.6 Å². The highest BCUT2D eigenvalue weighted by Crippen LogP contribution is 2.22. The maximum absolute atomic E-state index is 12.1. The smallest absolute Gasteiger partial charge is 0.234 e. The van der Waals surface area contributed by atoms with E-state index in [4.69, 9.17) is 0 Å². The van der Waals surface area contributed by atoms with E-state index in [0.29, 0.717) is 19.0 Å². The van der Waals surface area contributed by atoms with E-state index in [1.807, 2.05) is 25.1 Å². The first-order valence-electron chi connectivity index (χ1n) is 7.77. The van der Waals surface area contributed by atoms with Crippen molar-refractivity contribution in [2.75, 3.05) is 19.7 Å². The fourth-order valence-electron chi connectivity index (χ4n) is 3.09. The Labute approximate surface area is 127 Å². The number of hydrogen-bond acceptors (Lipinski definition) is 3. The summed E-state index contributed by atoms with van der Waals surface area (Å²) < 4.78 is 0. The highest BCUT2D eigenvalue weighted by molar-refractivity contribution is 5.78. The molecular weight excluding hydrogens is 264 g/mol. The monoisotopic (exact) mass is 290 g/mol. The summed E-state index contributed by atoms with van der Waals surface area (Å²) in [5.41, 5.74) is 2.32. The van der Waals surface area contributed by atoms with Crippen molar-refractivity contribution in [1.82, 2.24) is 10.2 Å². The molecule has 1 aliphatic heterocycles. The minimum Gasteiger partial charge on any atom is -0.395 e. The van der Waals surface area contributed by atoms with Crippen LogP contribution in [0.25, 0.3) is 0 Å². The molecule has 1 aromatic rings. The molecule has 1 aromatic carbocycles. The Morgan fingerprint density at radius 2 is 2.29 bits per heavy atom. The number of aliphatic hydroxyl groups excluding tert-OH is 1. The number of piperidine rings is 1. The van der Waals surface area contributed by atoms with Crippen LogP contribution >= 0.6 is 0 Å². The zero-order chi connectivity index (χ0) is 15.2. The number of likely N-dealkylation sites (tertiary alicyclic amines) is 1. The van der Waals surface area contributed by atoms with Gasteiger partial charge in [-0.2, -0.15) is 0 Å². The molecule has 0 bridgehead atoms. The van der Waals surface area contributed by atoms with Gasteiger partial charge in [0.15, 0.2) is 0 Å². The number of carbonyl (C=O) groups is 1. The van der Waals surface area contributed by atoms with Gasteiger partial charge in [-0.25, -0.2) is 0 Å². The normalized spacial score (nSPS) is 23.0. The Morgan fingerprint density at radius 1 is 1.48 bits per heavy atom. The summed E-state index contributed by atoms with van der Waals surface area (Å²) in [7, 11) is 0. The summed E-state index contributed by atoms with van der Waals surface area (Å²) in [5.74, 6) is 0.484. The SMILES string of the molecule is Cc1cccc(CNC(=O)CN2CCCC(C)C2CO)c1. The molecule has 1 heterocycles. The van der Waals surface area contributed by atoms with Gasteiger partial charge in [-0.3, -0.25) is 9.69 Å². The second kappa shape index (κ2) is 7.57. The number of carbonyl (C=O) groups excluding carboxylic acids is 1. The summed E-state index contributed by atoms with van der Waals surface area (Å²) in [6, 6.07) is 8.27. The van der Waals surface area contributed by atoms with Crippen LogP contribution in [0, 0.1) is 12.8 Å². The van der Waals surface area contributed by atoms with E-state index < -0.39 is 0 Å². The number of aryl methyl sites for hydroxylation is 1. The molecule has 0 aromatic heterocycles. The summed E-state index contributed by atoms with van der Waals surface area (Å²) in [6.07, 6.45) is 2.23. The van der Waals surface area contributed by atoms with E-state index in [9.17, 15) is 9.90 Å². The molecule has 2 N–H and O–H groups in total. The van der Waals surface area contributed by atoms with E-state index in [1.165, 1.54) is 5.56 Å². The molecule has 116 valence electrons. The molecular formula is C17H26N2O2. The lowest BCUT2D eigenvalue weighted by Gasteiger charge is -2.38. The van der Waals surface area contributed by atoms with Gasteiger partial charge in [-0.05, 0) is 37.8 Å². The van der Waals surface area contributed by atoms with Gasteiger partial charge in [0.1, 0.15) is 0 Å². The third kappa shape index (κ3) is 4.55. The Balaban J connectivity index is 1.83. The molecule has 1 saturated heterocycles. The van der Waals surface area contributed by atoms with Gasteiger partial charge >= 0.3 is 0 Å². The van der Waals surface area contributed by atoms with Crippen LogP contribution in [0.15, 0.2) is 24.3 Å². The van der Waals surface area contributed by atoms with Crippen LogP contribution < -0.4 is 5.32 Å². The molecule has 2 atom stereocenters. The summed E-state index contributed by atoms with van der Waals surface area (Å²) >= 11 is 0. The topological polar surface area (TPSA) is 52.6 Å². The van der Waals surface area contributed by atoms with Crippen LogP contribution in [-0.2, 0) is 11.3 Å². The number of rotatable bonds is 5. The van der Waals surface area contributed by atoms with Crippen molar-refractivity contribution in [2.45, 2.75) is 39.3 Å². The first-order valence-corrected chi connectivity index (χ1v) is 7.77. The molecule has 4 nitrogen and oxygen atoms in total. The average Bonchev–Trinajstić information content (AvgIpc) is 2.45. The predicted molar refractivity (Wildman–Crippen MR) is 83.9 cm³/mol. The van der Waals surface area contributed by atoms with Crippen molar-refractivity contribution in [3.05, 3.63) is 35.4 Å². The number of hydrogen-bond donors (Lipinski definition) is 2. The van der Waals surface area contributed by atoms with Gasteiger partial charge in [0.25, 0.3) is 0 Å². The molecule has 21 heavy (non-hydrogen) atoms. The molecule has 1 amide bonds. The fourth-order valence-corrected chi connectivity index (χ4v) is 3.09. The maximum Gasteiger partial charge on any atom is 0.234 e. The zero-order valence-electron chi connectivity index (χ0n) is 13.0. The van der Waals surface area contributed by atoms with Gasteiger partial charge in [0.2, 0.25) is 5.91 Å². The van der Waals surface area contributed by atoms with E-state index in [2.05, 4.69) is 23.2 Å². The molecule has 2 unspecified atom stereocenters. The molecule has 1 fully saturated rings. The number of nitrogens with one attached hydrogen (secondary N) is 1. The van der Waals surface area contributed by atoms with Crippen LogP contribution in [0.4, 0.5) is 0 Å². The summed E-state index contributed by atoms with van der Waals surface area (Å²) in [4.78, 5) is 14.2. The Bertz CT molecular complexity index is 476. The Kier molecular flexibility index (Phi) is 5.76. The number of benzene rings is 1. The highest BCUT2D eigenvalue weighted by atomic mass is 16.3. The second-order valence-corrected chi connectivity index (χ2v) is 6.11. The molecule has 4 heteroatoms. The minimum absolute atomic E-state index is 0.0315. The van der Waals surface area contributed by atoms with E-state index in [1.54, 1.807) is 0 Å². The number of nitrogens with zero attached hydrogens (tertiary/aromatic N) is 1. The van der Waals surface area contributed by atoms with Gasteiger partial charge in [-0.1, -0.05) is 36.8 Å². The predicted octanol–water partition coefficient (Wildman–Crippen LogP) is 1.70. The standard InChI is InChI=1S/C17H26N2O2/c1-13-5-3-7-15(9-13)10-18-17(21)11-19-8-4-6-14(2)16(19)12-20/h3,5,7,9,14,16,20H,4,6,8,10-12H2,1-2H3,(H,18,21). The third-order valence-corrected chi connectivity index (χ3v) is 4.34. The minimum atomic E-state index is 0.0315. The first-order chi connectivity index (χ1) is 10.1. The van der Waals surface area contributed by atoms with Crippen LogP contribution in [0.5, 0.6) is 0 Å². The maximum atomic E-state index is 12.1. The lowest BCUT2D eigenvalue weighted by atomic mass is 9.91. The number of aliphatic hydroxyl groups is 1. The molecule has 0 spiro atoms. The summed E-state index contributed by atoms with van der Waals surface area (Å²) in [6.45, 7) is 6.17. The quantitative estimate of drug-likeness (QED) is 0.868. The molecule has 2 rings (SSSR count). The molecule has 0 saturated carbocycles. The molecule has 0 aliphatic carbocycles. The van der Waals surface area contributed by atoms with Crippen molar-refractivity contribution in [1.29, 1.82) is 0 Å². The molecule has 0 radical (unpaired) electrons.